The maximum Gasteiger partial charge on any atom is 0.304 e. The van der Waals surface area contributed by atoms with Crippen LogP contribution in [0.5, 0.6) is 0 Å². The quantitative estimate of drug-likeness (QED) is 0.793. The average molecular weight is 232 g/mol. The lowest BCUT2D eigenvalue weighted by Gasteiger charge is -2.02. The normalized spacial score (nSPS) is 10.3. The third kappa shape index (κ3) is 4.29. The third-order valence-corrected chi connectivity index (χ3v) is 2.74. The van der Waals surface area contributed by atoms with Crippen LogP contribution in [0, 0.1) is 11.6 Å². The van der Waals surface area contributed by atoms with Crippen LogP contribution in [0.15, 0.2) is 18.2 Å². The molecule has 0 amide bonds. The van der Waals surface area contributed by atoms with Crippen LogP contribution < -0.4 is 0 Å². The topological polar surface area (TPSA) is 37.3 Å². The summed E-state index contributed by atoms with van der Waals surface area (Å²) in [6.07, 6.45) is 0.0491. The van der Waals surface area contributed by atoms with Gasteiger partial charge in [0.2, 0.25) is 0 Å². The minimum absolute atomic E-state index is 0.0491. The average Bonchev–Trinajstić information content (AvgIpc) is 2.14. The Kier molecular flexibility index (Phi) is 4.55. The number of halogens is 2. The fourth-order valence-corrected chi connectivity index (χ4v) is 1.90. The van der Waals surface area contributed by atoms with Crippen molar-refractivity contribution in [2.75, 3.05) is 5.75 Å². The largest absolute Gasteiger partial charge is 0.481 e. The summed E-state index contributed by atoms with van der Waals surface area (Å²) in [4.78, 5) is 10.2. The van der Waals surface area contributed by atoms with Crippen LogP contribution in [0.2, 0.25) is 0 Å². The van der Waals surface area contributed by atoms with Crippen molar-refractivity contribution in [2.45, 2.75) is 12.2 Å². The van der Waals surface area contributed by atoms with Crippen molar-refractivity contribution in [3.63, 3.8) is 0 Å². The molecule has 2 nitrogen and oxygen atoms in total. The minimum atomic E-state index is -0.873. The van der Waals surface area contributed by atoms with Gasteiger partial charge in [-0.2, -0.15) is 11.8 Å². The Morgan fingerprint density at radius 2 is 2.13 bits per heavy atom. The van der Waals surface area contributed by atoms with Gasteiger partial charge in [-0.1, -0.05) is 6.07 Å². The van der Waals surface area contributed by atoms with Crippen molar-refractivity contribution in [3.05, 3.63) is 35.4 Å². The molecule has 0 heterocycles. The summed E-state index contributed by atoms with van der Waals surface area (Å²) in [5.41, 5.74) is 0.395. The van der Waals surface area contributed by atoms with E-state index in [1.807, 2.05) is 0 Å². The molecule has 0 saturated heterocycles. The summed E-state index contributed by atoms with van der Waals surface area (Å²) in [6.45, 7) is 0. The lowest BCUT2D eigenvalue weighted by Crippen LogP contribution is -1.97. The van der Waals surface area contributed by atoms with Gasteiger partial charge in [0.15, 0.2) is 0 Å². The maximum absolute atomic E-state index is 13.1. The molecule has 0 unspecified atom stereocenters. The highest BCUT2D eigenvalue weighted by Gasteiger charge is 2.04. The lowest BCUT2D eigenvalue weighted by molar-refractivity contribution is -0.136. The molecule has 0 aliphatic heterocycles. The first-order valence-corrected chi connectivity index (χ1v) is 5.48. The lowest BCUT2D eigenvalue weighted by atomic mass is 10.2. The Balaban J connectivity index is 2.40. The van der Waals surface area contributed by atoms with Gasteiger partial charge in [-0.25, -0.2) is 8.78 Å². The first kappa shape index (κ1) is 12.0. The second kappa shape index (κ2) is 5.70. The number of rotatable bonds is 5. The Morgan fingerprint density at radius 3 is 2.73 bits per heavy atom. The van der Waals surface area contributed by atoms with Crippen molar-refractivity contribution in [1.82, 2.24) is 0 Å². The summed E-state index contributed by atoms with van der Waals surface area (Å²) in [7, 11) is 0. The number of hydrogen-bond donors (Lipinski definition) is 1. The molecule has 0 atom stereocenters. The van der Waals surface area contributed by atoms with E-state index in [4.69, 9.17) is 5.11 Å². The second-order valence-corrected chi connectivity index (χ2v) is 4.04. The van der Waals surface area contributed by atoms with Gasteiger partial charge in [-0.05, 0) is 11.6 Å². The van der Waals surface area contributed by atoms with Crippen LogP contribution >= 0.6 is 11.8 Å². The van der Waals surface area contributed by atoms with Gasteiger partial charge in [0.05, 0.1) is 6.42 Å². The van der Waals surface area contributed by atoms with E-state index in [0.717, 1.165) is 6.07 Å². The summed E-state index contributed by atoms with van der Waals surface area (Å²) in [5, 5.41) is 8.36. The molecule has 82 valence electrons. The standard InChI is InChI=1S/C10H10F2O2S/c11-8-2-1-7(9(12)5-8)6-15-4-3-10(13)14/h1-2,5H,3-4,6H2,(H,13,14). The molecule has 0 aliphatic carbocycles. The van der Waals surface area contributed by atoms with Crippen molar-refractivity contribution in [1.29, 1.82) is 0 Å². The zero-order chi connectivity index (χ0) is 11.3. The van der Waals surface area contributed by atoms with E-state index in [-0.39, 0.29) is 6.42 Å². The molecule has 0 fully saturated rings. The molecule has 15 heavy (non-hydrogen) atoms. The number of carbonyl (C=O) groups is 1. The highest BCUT2D eigenvalue weighted by atomic mass is 32.2. The number of thioether (sulfide) groups is 1. The van der Waals surface area contributed by atoms with Crippen molar-refractivity contribution < 1.29 is 18.7 Å². The molecular weight excluding hydrogens is 222 g/mol. The highest BCUT2D eigenvalue weighted by molar-refractivity contribution is 7.98. The second-order valence-electron chi connectivity index (χ2n) is 2.93. The molecule has 0 saturated carbocycles. The third-order valence-electron chi connectivity index (χ3n) is 1.73. The van der Waals surface area contributed by atoms with E-state index in [0.29, 0.717) is 17.1 Å². The molecular formula is C10H10F2O2S. The van der Waals surface area contributed by atoms with Gasteiger partial charge < -0.3 is 5.11 Å². The van der Waals surface area contributed by atoms with Gasteiger partial charge in [0.1, 0.15) is 11.6 Å². The van der Waals surface area contributed by atoms with Gasteiger partial charge in [0, 0.05) is 17.6 Å². The number of aliphatic carboxylic acids is 1. The van der Waals surface area contributed by atoms with E-state index >= 15 is 0 Å². The van der Waals surface area contributed by atoms with Crippen LogP contribution in [0.3, 0.4) is 0 Å². The first-order chi connectivity index (χ1) is 7.09. The van der Waals surface area contributed by atoms with Crippen LogP contribution in [0.4, 0.5) is 8.78 Å². The van der Waals surface area contributed by atoms with Crippen LogP contribution in [-0.2, 0) is 10.5 Å². The fourth-order valence-electron chi connectivity index (χ4n) is 0.980. The van der Waals surface area contributed by atoms with Crippen LogP contribution in [0.25, 0.3) is 0 Å². The molecule has 1 aromatic carbocycles. The van der Waals surface area contributed by atoms with Gasteiger partial charge in [-0.15, -0.1) is 0 Å². The molecule has 0 spiro atoms. The molecule has 5 heteroatoms. The van der Waals surface area contributed by atoms with Gasteiger partial charge >= 0.3 is 5.97 Å². The van der Waals surface area contributed by atoms with Crippen LogP contribution in [0.1, 0.15) is 12.0 Å². The molecule has 0 aromatic heterocycles. The maximum atomic E-state index is 13.1. The first-order valence-electron chi connectivity index (χ1n) is 4.33. The highest BCUT2D eigenvalue weighted by Crippen LogP contribution is 2.17. The summed E-state index contributed by atoms with van der Waals surface area (Å²) >= 11 is 1.31. The minimum Gasteiger partial charge on any atom is -0.481 e. The van der Waals surface area contributed by atoms with E-state index in [1.54, 1.807) is 0 Å². The van der Waals surface area contributed by atoms with E-state index < -0.39 is 17.6 Å². The number of carboxylic acid groups (broad SMARTS) is 1. The zero-order valence-corrected chi connectivity index (χ0v) is 8.69. The van der Waals surface area contributed by atoms with E-state index in [1.165, 1.54) is 23.9 Å². The number of hydrogen-bond acceptors (Lipinski definition) is 2. The molecule has 0 aliphatic rings. The van der Waals surface area contributed by atoms with E-state index in [9.17, 15) is 13.6 Å². The van der Waals surface area contributed by atoms with Crippen molar-refractivity contribution in [3.8, 4) is 0 Å². The van der Waals surface area contributed by atoms with E-state index in [2.05, 4.69) is 0 Å². The SMILES string of the molecule is O=C(O)CCSCc1ccc(F)cc1F. The van der Waals surface area contributed by atoms with Gasteiger partial charge in [-0.3, -0.25) is 4.79 Å². The predicted octanol–water partition coefficient (Wildman–Crippen LogP) is 2.67. The zero-order valence-electron chi connectivity index (χ0n) is 7.87. The number of benzene rings is 1. The van der Waals surface area contributed by atoms with Crippen molar-refractivity contribution in [2.24, 2.45) is 0 Å². The monoisotopic (exact) mass is 232 g/mol. The Morgan fingerprint density at radius 1 is 1.40 bits per heavy atom. The molecule has 1 aromatic rings. The Bertz CT molecular complexity index is 355. The van der Waals surface area contributed by atoms with Gasteiger partial charge in [0.25, 0.3) is 0 Å². The summed E-state index contributed by atoms with van der Waals surface area (Å²) in [6, 6.07) is 3.39. The van der Waals surface area contributed by atoms with Crippen LogP contribution in [-0.4, -0.2) is 16.8 Å². The molecule has 1 rings (SSSR count). The fraction of sp³-hybridized carbons (Fsp3) is 0.300. The molecule has 0 radical (unpaired) electrons. The summed E-state index contributed by atoms with van der Waals surface area (Å²) in [5.74, 6) is -1.28. The van der Waals surface area contributed by atoms with Crippen molar-refractivity contribution >= 4 is 17.7 Å². The number of carboxylic acids is 1. The Labute approximate surface area is 90.3 Å². The molecule has 1 N–H and O–H groups in total. The molecule has 0 bridgehead atoms. The smallest absolute Gasteiger partial charge is 0.304 e. The summed E-state index contributed by atoms with van der Waals surface area (Å²) < 4.78 is 25.6. The Hall–Kier alpha value is -1.10. The predicted molar refractivity (Wildman–Crippen MR) is 54.8 cm³/mol.